The summed E-state index contributed by atoms with van der Waals surface area (Å²) in [6, 6.07) is 18.1. The molecule has 0 aromatic heterocycles. The number of amides is 1. The number of likely N-dealkylation sites (tertiary alicyclic amines) is 1. The number of carbonyl (C=O) groups excluding carboxylic acids is 1. The molecule has 2 N–H and O–H groups in total. The van der Waals surface area contributed by atoms with Gasteiger partial charge in [0, 0.05) is 43.5 Å². The Morgan fingerprint density at radius 1 is 1.14 bits per heavy atom. The van der Waals surface area contributed by atoms with E-state index in [4.69, 9.17) is 11.6 Å². The largest absolute Gasteiger partial charge is 0.357 e. The molecular formula is C23H29ClN4O. The molecule has 2 aromatic carbocycles. The molecule has 0 bridgehead atoms. The lowest BCUT2D eigenvalue weighted by Gasteiger charge is -2.18. The maximum atomic E-state index is 12.4. The lowest BCUT2D eigenvalue weighted by atomic mass is 10.1. The second-order valence-corrected chi connectivity index (χ2v) is 7.72. The van der Waals surface area contributed by atoms with Gasteiger partial charge in [-0.25, -0.2) is 4.99 Å². The molecule has 6 heteroatoms. The van der Waals surface area contributed by atoms with Crippen LogP contribution in [0.15, 0.2) is 59.6 Å². The number of aliphatic imine (C=N–C) groups is 1. The van der Waals surface area contributed by atoms with E-state index in [1.807, 2.05) is 54.3 Å². The molecule has 3 rings (SSSR count). The molecule has 154 valence electrons. The Labute approximate surface area is 178 Å². The Hall–Kier alpha value is -2.53. The molecule has 1 atom stereocenters. The number of guanidine groups is 1. The summed E-state index contributed by atoms with van der Waals surface area (Å²) in [5.74, 6) is 1.29. The summed E-state index contributed by atoms with van der Waals surface area (Å²) in [7, 11) is 0. The fraction of sp³-hybridized carbons (Fsp3) is 0.391. The summed E-state index contributed by atoms with van der Waals surface area (Å²) in [4.78, 5) is 19.0. The third-order valence-electron chi connectivity index (χ3n) is 5.08. The van der Waals surface area contributed by atoms with Crippen molar-refractivity contribution in [2.75, 3.05) is 26.2 Å². The van der Waals surface area contributed by atoms with Crippen molar-refractivity contribution in [1.29, 1.82) is 0 Å². The number of hydrogen-bond acceptors (Lipinski definition) is 2. The van der Waals surface area contributed by atoms with Crippen LogP contribution in [0.2, 0.25) is 5.02 Å². The van der Waals surface area contributed by atoms with Gasteiger partial charge in [0.15, 0.2) is 5.96 Å². The van der Waals surface area contributed by atoms with Gasteiger partial charge in [0.1, 0.15) is 0 Å². The second-order valence-electron chi connectivity index (χ2n) is 7.31. The number of halogens is 1. The van der Waals surface area contributed by atoms with Crippen LogP contribution in [0.1, 0.15) is 24.5 Å². The highest BCUT2D eigenvalue weighted by Crippen LogP contribution is 2.18. The second kappa shape index (κ2) is 10.9. The first-order chi connectivity index (χ1) is 14.2. The van der Waals surface area contributed by atoms with Gasteiger partial charge in [-0.1, -0.05) is 60.1 Å². The van der Waals surface area contributed by atoms with Gasteiger partial charge >= 0.3 is 0 Å². The number of benzene rings is 2. The van der Waals surface area contributed by atoms with Gasteiger partial charge in [0.25, 0.3) is 0 Å². The topological polar surface area (TPSA) is 56.7 Å². The highest BCUT2D eigenvalue weighted by molar-refractivity contribution is 6.31. The average molecular weight is 413 g/mol. The zero-order chi connectivity index (χ0) is 20.5. The molecule has 1 aliphatic heterocycles. The predicted octanol–water partition coefficient (Wildman–Crippen LogP) is 3.49. The van der Waals surface area contributed by atoms with E-state index in [1.54, 1.807) is 0 Å². The van der Waals surface area contributed by atoms with Gasteiger partial charge in [0.05, 0.1) is 6.54 Å². The first-order valence-electron chi connectivity index (χ1n) is 10.2. The molecule has 1 heterocycles. The van der Waals surface area contributed by atoms with Crippen LogP contribution in [0.4, 0.5) is 0 Å². The number of hydrogen-bond donors (Lipinski definition) is 2. The van der Waals surface area contributed by atoms with Crippen LogP contribution in [0.25, 0.3) is 0 Å². The summed E-state index contributed by atoms with van der Waals surface area (Å²) in [6.07, 6.45) is 1.49. The summed E-state index contributed by atoms with van der Waals surface area (Å²) < 4.78 is 0. The summed E-state index contributed by atoms with van der Waals surface area (Å²) in [5, 5.41) is 7.37. The van der Waals surface area contributed by atoms with E-state index in [0.717, 1.165) is 49.1 Å². The monoisotopic (exact) mass is 412 g/mol. The van der Waals surface area contributed by atoms with Crippen molar-refractivity contribution in [3.63, 3.8) is 0 Å². The van der Waals surface area contributed by atoms with Crippen molar-refractivity contribution in [2.45, 2.75) is 26.3 Å². The summed E-state index contributed by atoms with van der Waals surface area (Å²) in [5.41, 5.74) is 2.26. The molecule has 1 fully saturated rings. The lowest BCUT2D eigenvalue weighted by molar-refractivity contribution is -0.127. The van der Waals surface area contributed by atoms with Crippen molar-refractivity contribution in [1.82, 2.24) is 15.5 Å². The number of carbonyl (C=O) groups is 1. The molecule has 1 unspecified atom stereocenters. The number of nitrogens with one attached hydrogen (secondary N) is 2. The molecule has 0 aliphatic carbocycles. The molecule has 5 nitrogen and oxygen atoms in total. The van der Waals surface area contributed by atoms with E-state index in [2.05, 4.69) is 27.8 Å². The summed E-state index contributed by atoms with van der Waals surface area (Å²) in [6.45, 7) is 5.63. The maximum Gasteiger partial charge on any atom is 0.223 e. The fourth-order valence-electron chi connectivity index (χ4n) is 3.49. The van der Waals surface area contributed by atoms with Crippen molar-refractivity contribution in [2.24, 2.45) is 10.9 Å². The Kier molecular flexibility index (Phi) is 7.94. The van der Waals surface area contributed by atoms with E-state index < -0.39 is 0 Å². The van der Waals surface area contributed by atoms with Crippen molar-refractivity contribution >= 4 is 23.5 Å². The van der Waals surface area contributed by atoms with Gasteiger partial charge in [-0.2, -0.15) is 0 Å². The van der Waals surface area contributed by atoms with Gasteiger partial charge in [0.2, 0.25) is 5.91 Å². The molecule has 1 aliphatic rings. The minimum Gasteiger partial charge on any atom is -0.357 e. The quantitative estimate of drug-likeness (QED) is 0.515. The van der Waals surface area contributed by atoms with Crippen molar-refractivity contribution < 1.29 is 4.79 Å². The minimum absolute atomic E-state index is 0.241. The number of nitrogens with zero attached hydrogens (tertiary/aromatic N) is 2. The SMILES string of the molecule is CCNC(=NCc1ccccc1Cl)NCC1CC(=O)N(CCc2ccccc2)C1. The molecule has 0 saturated carbocycles. The van der Waals surface area contributed by atoms with Gasteiger partial charge < -0.3 is 15.5 Å². The van der Waals surface area contributed by atoms with Gasteiger partial charge in [-0.3, -0.25) is 4.79 Å². The fourth-order valence-corrected chi connectivity index (χ4v) is 3.68. The summed E-state index contributed by atoms with van der Waals surface area (Å²) >= 11 is 6.22. The highest BCUT2D eigenvalue weighted by Gasteiger charge is 2.29. The normalized spacial score (nSPS) is 16.9. The molecule has 2 aromatic rings. The zero-order valence-corrected chi connectivity index (χ0v) is 17.7. The third kappa shape index (κ3) is 6.50. The van der Waals surface area contributed by atoms with E-state index in [1.165, 1.54) is 5.56 Å². The van der Waals surface area contributed by atoms with Crippen LogP contribution in [-0.4, -0.2) is 42.9 Å². The van der Waals surface area contributed by atoms with Crippen LogP contribution in [0, 0.1) is 5.92 Å². The van der Waals surface area contributed by atoms with Crippen LogP contribution < -0.4 is 10.6 Å². The minimum atomic E-state index is 0.241. The van der Waals surface area contributed by atoms with Crippen LogP contribution in [0.5, 0.6) is 0 Å². The Morgan fingerprint density at radius 2 is 1.90 bits per heavy atom. The van der Waals surface area contributed by atoms with Crippen LogP contribution >= 0.6 is 11.6 Å². The van der Waals surface area contributed by atoms with Gasteiger partial charge in [-0.05, 0) is 30.5 Å². The van der Waals surface area contributed by atoms with E-state index >= 15 is 0 Å². The van der Waals surface area contributed by atoms with E-state index in [9.17, 15) is 4.79 Å². The molecule has 0 spiro atoms. The lowest BCUT2D eigenvalue weighted by Crippen LogP contribution is -2.40. The predicted molar refractivity (Wildman–Crippen MR) is 119 cm³/mol. The van der Waals surface area contributed by atoms with Gasteiger partial charge in [-0.15, -0.1) is 0 Å². The van der Waals surface area contributed by atoms with E-state index in [0.29, 0.717) is 18.9 Å². The van der Waals surface area contributed by atoms with Crippen molar-refractivity contribution in [3.8, 4) is 0 Å². The Balaban J connectivity index is 1.49. The van der Waals surface area contributed by atoms with E-state index in [-0.39, 0.29) is 5.91 Å². The molecule has 29 heavy (non-hydrogen) atoms. The Morgan fingerprint density at radius 3 is 2.66 bits per heavy atom. The molecule has 1 amide bonds. The first kappa shape index (κ1) is 21.2. The van der Waals surface area contributed by atoms with Crippen molar-refractivity contribution in [3.05, 3.63) is 70.7 Å². The van der Waals surface area contributed by atoms with Crippen LogP contribution in [-0.2, 0) is 17.8 Å². The Bertz CT molecular complexity index is 825. The molecule has 0 radical (unpaired) electrons. The highest BCUT2D eigenvalue weighted by atomic mass is 35.5. The van der Waals surface area contributed by atoms with Crippen LogP contribution in [0.3, 0.4) is 0 Å². The third-order valence-corrected chi connectivity index (χ3v) is 5.44. The molecule has 1 saturated heterocycles. The number of rotatable bonds is 8. The molecular weight excluding hydrogens is 384 g/mol. The maximum absolute atomic E-state index is 12.4. The smallest absolute Gasteiger partial charge is 0.223 e. The average Bonchev–Trinajstić information content (AvgIpc) is 3.10. The standard InChI is InChI=1S/C23H29ClN4O/c1-2-25-23(27-16-20-10-6-7-11-21(20)24)26-15-19-14-22(29)28(17-19)13-12-18-8-4-3-5-9-18/h3-11,19H,2,12-17H2,1H3,(H2,25,26,27). The first-order valence-corrected chi connectivity index (χ1v) is 10.6. The zero-order valence-electron chi connectivity index (χ0n) is 16.9.